The quantitative estimate of drug-likeness (QED) is 0.616. The average molecular weight is 388 g/mol. The molecular weight excluding hydrogens is 376 g/mol. The zero-order valence-corrected chi connectivity index (χ0v) is 12.8. The van der Waals surface area contributed by atoms with Gasteiger partial charge in [0, 0.05) is 8.59 Å². The SMILES string of the molecule is CC[C@H](CO)NC(=O)c1cc(Cl)cc(Cl)c1I. The predicted molar refractivity (Wildman–Crippen MR) is 77.8 cm³/mol. The number of amides is 1. The fraction of sp³-hybridized carbons (Fsp3) is 0.364. The Morgan fingerprint density at radius 3 is 2.71 bits per heavy atom. The number of nitrogens with one attached hydrogen (secondary N) is 1. The van der Waals surface area contributed by atoms with Crippen molar-refractivity contribution in [1.82, 2.24) is 5.32 Å². The first kappa shape index (κ1) is 15.0. The Morgan fingerprint density at radius 1 is 1.53 bits per heavy atom. The van der Waals surface area contributed by atoms with Gasteiger partial charge < -0.3 is 10.4 Å². The van der Waals surface area contributed by atoms with Gasteiger partial charge in [-0.1, -0.05) is 30.1 Å². The van der Waals surface area contributed by atoms with Crippen LogP contribution in [0.2, 0.25) is 10.0 Å². The number of benzene rings is 1. The van der Waals surface area contributed by atoms with Crippen LogP contribution >= 0.6 is 45.8 Å². The highest BCUT2D eigenvalue weighted by Gasteiger charge is 2.16. The van der Waals surface area contributed by atoms with Crippen molar-refractivity contribution in [3.63, 3.8) is 0 Å². The molecule has 0 bridgehead atoms. The van der Waals surface area contributed by atoms with Crippen LogP contribution in [-0.4, -0.2) is 23.7 Å². The second kappa shape index (κ2) is 6.78. The van der Waals surface area contributed by atoms with Crippen molar-refractivity contribution in [3.8, 4) is 0 Å². The van der Waals surface area contributed by atoms with Gasteiger partial charge in [0.25, 0.3) is 5.91 Å². The molecular formula is C11H12Cl2INO2. The first-order chi connectivity index (χ1) is 7.99. The highest BCUT2D eigenvalue weighted by molar-refractivity contribution is 14.1. The van der Waals surface area contributed by atoms with Crippen LogP contribution in [0.4, 0.5) is 0 Å². The third-order valence-electron chi connectivity index (χ3n) is 2.29. The minimum absolute atomic E-state index is 0.0902. The van der Waals surface area contributed by atoms with E-state index in [0.717, 1.165) is 0 Å². The summed E-state index contributed by atoms with van der Waals surface area (Å²) in [4.78, 5) is 12.0. The molecule has 0 aliphatic carbocycles. The lowest BCUT2D eigenvalue weighted by Gasteiger charge is -2.15. The van der Waals surface area contributed by atoms with E-state index in [4.69, 9.17) is 28.3 Å². The van der Waals surface area contributed by atoms with E-state index in [1.165, 1.54) is 0 Å². The van der Waals surface area contributed by atoms with E-state index in [-0.39, 0.29) is 18.6 Å². The Kier molecular flexibility index (Phi) is 5.99. The number of carbonyl (C=O) groups is 1. The molecule has 0 saturated carbocycles. The molecule has 0 heterocycles. The third kappa shape index (κ3) is 3.98. The summed E-state index contributed by atoms with van der Waals surface area (Å²) < 4.78 is 0.652. The smallest absolute Gasteiger partial charge is 0.252 e. The van der Waals surface area contributed by atoms with Crippen LogP contribution < -0.4 is 5.32 Å². The Morgan fingerprint density at radius 2 is 2.18 bits per heavy atom. The number of hydrogen-bond donors (Lipinski definition) is 2. The van der Waals surface area contributed by atoms with Gasteiger partial charge in [-0.25, -0.2) is 0 Å². The lowest BCUT2D eigenvalue weighted by molar-refractivity contribution is 0.0914. The summed E-state index contributed by atoms with van der Waals surface area (Å²) in [5.41, 5.74) is 0.426. The lowest BCUT2D eigenvalue weighted by atomic mass is 10.2. The van der Waals surface area contributed by atoms with E-state index in [1.54, 1.807) is 12.1 Å². The summed E-state index contributed by atoms with van der Waals surface area (Å²) in [5.74, 6) is -0.278. The molecule has 1 amide bonds. The average Bonchev–Trinajstić information content (AvgIpc) is 2.30. The number of aliphatic hydroxyl groups excluding tert-OH is 1. The van der Waals surface area contributed by atoms with Gasteiger partial charge in [-0.3, -0.25) is 4.79 Å². The number of rotatable bonds is 4. The van der Waals surface area contributed by atoms with E-state index >= 15 is 0 Å². The van der Waals surface area contributed by atoms with Crippen LogP contribution in [0.15, 0.2) is 12.1 Å². The first-order valence-corrected chi connectivity index (χ1v) is 6.89. The predicted octanol–water partition coefficient (Wildman–Crippen LogP) is 3.10. The molecule has 0 spiro atoms. The maximum atomic E-state index is 12.0. The number of halogens is 3. The van der Waals surface area contributed by atoms with Gasteiger partial charge >= 0.3 is 0 Å². The van der Waals surface area contributed by atoms with Gasteiger partial charge in [-0.05, 0) is 41.1 Å². The first-order valence-electron chi connectivity index (χ1n) is 5.05. The molecule has 1 rings (SSSR count). The summed E-state index contributed by atoms with van der Waals surface area (Å²) in [6.45, 7) is 1.80. The maximum Gasteiger partial charge on any atom is 0.252 e. The van der Waals surface area contributed by atoms with Gasteiger partial charge in [-0.2, -0.15) is 0 Å². The Balaban J connectivity index is 2.96. The summed E-state index contributed by atoms with van der Waals surface area (Å²) in [6, 6.07) is 2.90. The number of hydrogen-bond acceptors (Lipinski definition) is 2. The molecule has 0 aliphatic rings. The van der Waals surface area contributed by atoms with Crippen LogP contribution in [0.25, 0.3) is 0 Å². The van der Waals surface area contributed by atoms with Crippen LogP contribution in [0, 0.1) is 3.57 Å². The van der Waals surface area contributed by atoms with Crippen LogP contribution in [0.1, 0.15) is 23.7 Å². The van der Waals surface area contributed by atoms with Gasteiger partial charge in [0.1, 0.15) is 0 Å². The minimum atomic E-state index is -0.278. The molecule has 0 fully saturated rings. The van der Waals surface area contributed by atoms with Crippen molar-refractivity contribution in [2.24, 2.45) is 0 Å². The van der Waals surface area contributed by atoms with Crippen molar-refractivity contribution >= 4 is 51.7 Å². The highest BCUT2D eigenvalue weighted by atomic mass is 127. The largest absolute Gasteiger partial charge is 0.394 e. The molecule has 1 aromatic rings. The van der Waals surface area contributed by atoms with Crippen LogP contribution in [-0.2, 0) is 0 Å². The Hall–Kier alpha value is -0.0400. The van der Waals surface area contributed by atoms with Crippen LogP contribution in [0.3, 0.4) is 0 Å². The molecule has 2 N–H and O–H groups in total. The summed E-state index contributed by atoms with van der Waals surface area (Å²) >= 11 is 13.8. The molecule has 0 radical (unpaired) electrons. The number of carbonyl (C=O) groups excluding carboxylic acids is 1. The summed E-state index contributed by atoms with van der Waals surface area (Å²) in [6.07, 6.45) is 0.660. The second-order valence-electron chi connectivity index (χ2n) is 3.51. The topological polar surface area (TPSA) is 49.3 Å². The normalized spacial score (nSPS) is 12.3. The van der Waals surface area contributed by atoms with Crippen molar-refractivity contribution in [3.05, 3.63) is 31.3 Å². The molecule has 0 aromatic heterocycles. The fourth-order valence-corrected chi connectivity index (χ4v) is 2.31. The minimum Gasteiger partial charge on any atom is -0.394 e. The molecule has 6 heteroatoms. The third-order valence-corrected chi connectivity index (χ3v) is 4.28. The molecule has 0 unspecified atom stereocenters. The van der Waals surface area contributed by atoms with Gasteiger partial charge in [0.05, 0.1) is 23.2 Å². The molecule has 0 aliphatic heterocycles. The summed E-state index contributed by atoms with van der Waals surface area (Å²) in [7, 11) is 0. The molecule has 1 aromatic carbocycles. The lowest BCUT2D eigenvalue weighted by Crippen LogP contribution is -2.37. The molecule has 94 valence electrons. The van der Waals surface area contributed by atoms with Crippen molar-refractivity contribution in [1.29, 1.82) is 0 Å². The monoisotopic (exact) mass is 387 g/mol. The second-order valence-corrected chi connectivity index (χ2v) is 5.43. The molecule has 3 nitrogen and oxygen atoms in total. The van der Waals surface area contributed by atoms with Gasteiger partial charge in [0.2, 0.25) is 0 Å². The molecule has 17 heavy (non-hydrogen) atoms. The number of aliphatic hydroxyl groups is 1. The van der Waals surface area contributed by atoms with Gasteiger partial charge in [-0.15, -0.1) is 0 Å². The van der Waals surface area contributed by atoms with E-state index in [2.05, 4.69) is 5.32 Å². The summed E-state index contributed by atoms with van der Waals surface area (Å²) in [5, 5.41) is 12.6. The van der Waals surface area contributed by atoms with Gasteiger partial charge in [0.15, 0.2) is 0 Å². The van der Waals surface area contributed by atoms with E-state index < -0.39 is 0 Å². The zero-order valence-electron chi connectivity index (χ0n) is 9.14. The Bertz CT molecular complexity index is 422. The van der Waals surface area contributed by atoms with E-state index in [0.29, 0.717) is 25.6 Å². The standard InChI is InChI=1S/C11H12Cl2INO2/c1-2-7(5-16)15-11(17)8-3-6(12)4-9(13)10(8)14/h3-4,7,16H,2,5H2,1H3,(H,15,17)/t7-/m1/s1. The van der Waals surface area contributed by atoms with Crippen molar-refractivity contribution < 1.29 is 9.90 Å². The van der Waals surface area contributed by atoms with Crippen molar-refractivity contribution in [2.75, 3.05) is 6.61 Å². The van der Waals surface area contributed by atoms with E-state index in [1.807, 2.05) is 29.5 Å². The zero-order chi connectivity index (χ0) is 13.0. The molecule has 0 saturated heterocycles. The fourth-order valence-electron chi connectivity index (χ4n) is 1.26. The molecule has 1 atom stereocenters. The van der Waals surface area contributed by atoms with E-state index in [9.17, 15) is 4.79 Å². The highest BCUT2D eigenvalue weighted by Crippen LogP contribution is 2.26. The Labute approximate surface area is 124 Å². The maximum absolute atomic E-state index is 12.0. The van der Waals surface area contributed by atoms with Crippen molar-refractivity contribution in [2.45, 2.75) is 19.4 Å². The van der Waals surface area contributed by atoms with Crippen LogP contribution in [0.5, 0.6) is 0 Å².